The van der Waals surface area contributed by atoms with Crippen LogP contribution < -0.4 is 0 Å². The number of aliphatic carboxylic acids is 1. The average molecular weight is 342 g/mol. The first-order valence-corrected chi connectivity index (χ1v) is 7.01. The number of aryl methyl sites for hydroxylation is 1. The largest absolute Gasteiger partial charge is 0.480 e. The molecule has 20 heavy (non-hydrogen) atoms. The SMILES string of the molecule is Cc1ccc(C(=O)N2CC(C)(OCC(=O)O)C2)cc1Br. The molecule has 0 atom stereocenters. The Morgan fingerprint density at radius 3 is 2.65 bits per heavy atom. The molecule has 0 radical (unpaired) electrons. The van der Waals surface area contributed by atoms with E-state index in [0.717, 1.165) is 10.0 Å². The van der Waals surface area contributed by atoms with Gasteiger partial charge in [0.05, 0.1) is 13.1 Å². The Morgan fingerprint density at radius 1 is 1.45 bits per heavy atom. The molecule has 0 spiro atoms. The molecule has 6 heteroatoms. The van der Waals surface area contributed by atoms with E-state index in [9.17, 15) is 9.59 Å². The Kier molecular flexibility index (Phi) is 4.15. The molecule has 0 bridgehead atoms. The second-order valence-corrected chi connectivity index (χ2v) is 6.11. The minimum atomic E-state index is -1.00. The number of hydrogen-bond acceptors (Lipinski definition) is 3. The topological polar surface area (TPSA) is 66.8 Å². The Morgan fingerprint density at radius 2 is 2.10 bits per heavy atom. The molecular weight excluding hydrogens is 326 g/mol. The van der Waals surface area contributed by atoms with Crippen LogP contribution >= 0.6 is 15.9 Å². The van der Waals surface area contributed by atoms with Crippen LogP contribution in [0.1, 0.15) is 22.8 Å². The van der Waals surface area contributed by atoms with Gasteiger partial charge in [0.1, 0.15) is 12.2 Å². The number of benzene rings is 1. The normalized spacial score (nSPS) is 16.6. The molecule has 108 valence electrons. The van der Waals surface area contributed by atoms with E-state index in [-0.39, 0.29) is 12.5 Å². The van der Waals surface area contributed by atoms with Crippen molar-refractivity contribution in [2.24, 2.45) is 0 Å². The number of halogens is 1. The second kappa shape index (κ2) is 5.54. The van der Waals surface area contributed by atoms with Gasteiger partial charge in [-0.05, 0) is 31.5 Å². The van der Waals surface area contributed by atoms with E-state index in [1.165, 1.54) is 0 Å². The van der Waals surface area contributed by atoms with Gasteiger partial charge in [0, 0.05) is 10.0 Å². The molecule has 1 N–H and O–H groups in total. The van der Waals surface area contributed by atoms with Gasteiger partial charge in [0.15, 0.2) is 0 Å². The Bertz CT molecular complexity index is 552. The van der Waals surface area contributed by atoms with Crippen molar-refractivity contribution < 1.29 is 19.4 Å². The van der Waals surface area contributed by atoms with E-state index in [4.69, 9.17) is 9.84 Å². The number of likely N-dealkylation sites (tertiary alicyclic amines) is 1. The van der Waals surface area contributed by atoms with Gasteiger partial charge in [-0.15, -0.1) is 0 Å². The molecule has 1 aromatic rings. The molecule has 1 aromatic carbocycles. The summed E-state index contributed by atoms with van der Waals surface area (Å²) in [6, 6.07) is 5.47. The first kappa shape index (κ1) is 15.0. The minimum Gasteiger partial charge on any atom is -0.480 e. The number of carboxylic acid groups (broad SMARTS) is 1. The van der Waals surface area contributed by atoms with Crippen molar-refractivity contribution in [3.63, 3.8) is 0 Å². The highest BCUT2D eigenvalue weighted by Gasteiger charge is 2.42. The number of amides is 1. The van der Waals surface area contributed by atoms with Crippen LogP contribution in [0.15, 0.2) is 22.7 Å². The van der Waals surface area contributed by atoms with Crippen molar-refractivity contribution in [2.75, 3.05) is 19.7 Å². The Hall–Kier alpha value is -1.40. The predicted molar refractivity (Wildman–Crippen MR) is 76.8 cm³/mol. The van der Waals surface area contributed by atoms with Gasteiger partial charge >= 0.3 is 5.97 Å². The molecule has 0 aliphatic carbocycles. The van der Waals surface area contributed by atoms with Crippen molar-refractivity contribution >= 4 is 27.8 Å². The summed E-state index contributed by atoms with van der Waals surface area (Å²) in [7, 11) is 0. The molecule has 2 rings (SSSR count). The maximum atomic E-state index is 12.2. The number of ether oxygens (including phenoxy) is 1. The smallest absolute Gasteiger partial charge is 0.329 e. The lowest BCUT2D eigenvalue weighted by atomic mass is 9.95. The maximum absolute atomic E-state index is 12.2. The van der Waals surface area contributed by atoms with Crippen molar-refractivity contribution in [1.29, 1.82) is 0 Å². The van der Waals surface area contributed by atoms with Gasteiger partial charge in [-0.2, -0.15) is 0 Å². The summed E-state index contributed by atoms with van der Waals surface area (Å²) in [4.78, 5) is 24.4. The number of carbonyl (C=O) groups is 2. The van der Waals surface area contributed by atoms with Crippen LogP contribution in [-0.2, 0) is 9.53 Å². The molecular formula is C14H16BrNO4. The van der Waals surface area contributed by atoms with Gasteiger partial charge in [-0.3, -0.25) is 4.79 Å². The lowest BCUT2D eigenvalue weighted by Crippen LogP contribution is -2.63. The zero-order valence-corrected chi connectivity index (χ0v) is 12.9. The molecule has 0 aromatic heterocycles. The fourth-order valence-electron chi connectivity index (χ4n) is 2.14. The number of carboxylic acids is 1. The van der Waals surface area contributed by atoms with Crippen LogP contribution in [0.5, 0.6) is 0 Å². The summed E-state index contributed by atoms with van der Waals surface area (Å²) in [5.74, 6) is -1.07. The van der Waals surface area contributed by atoms with E-state index in [1.807, 2.05) is 19.9 Å². The molecule has 1 saturated heterocycles. The zero-order valence-electron chi connectivity index (χ0n) is 11.4. The van der Waals surface area contributed by atoms with Crippen LogP contribution in [0.4, 0.5) is 0 Å². The van der Waals surface area contributed by atoms with Gasteiger partial charge in [-0.25, -0.2) is 4.79 Å². The minimum absolute atomic E-state index is 0.0675. The van der Waals surface area contributed by atoms with E-state index in [2.05, 4.69) is 15.9 Å². The van der Waals surface area contributed by atoms with Crippen molar-refractivity contribution in [3.8, 4) is 0 Å². The quantitative estimate of drug-likeness (QED) is 0.910. The Balaban J connectivity index is 1.96. The molecule has 1 amide bonds. The first-order valence-electron chi connectivity index (χ1n) is 6.22. The summed E-state index contributed by atoms with van der Waals surface area (Å²) >= 11 is 3.41. The molecule has 1 heterocycles. The lowest BCUT2D eigenvalue weighted by molar-refractivity contribution is -0.159. The lowest BCUT2D eigenvalue weighted by Gasteiger charge is -2.47. The number of hydrogen-bond donors (Lipinski definition) is 1. The number of rotatable bonds is 4. The summed E-state index contributed by atoms with van der Waals surface area (Å²) in [5, 5.41) is 8.60. The molecule has 1 fully saturated rings. The highest BCUT2D eigenvalue weighted by Crippen LogP contribution is 2.27. The first-order chi connectivity index (χ1) is 9.31. The van der Waals surface area contributed by atoms with Crippen LogP contribution in [0.3, 0.4) is 0 Å². The van der Waals surface area contributed by atoms with Gasteiger partial charge in [-0.1, -0.05) is 22.0 Å². The van der Waals surface area contributed by atoms with Crippen LogP contribution in [0, 0.1) is 6.92 Å². The molecule has 0 saturated carbocycles. The van der Waals surface area contributed by atoms with Gasteiger partial charge in [0.2, 0.25) is 0 Å². The highest BCUT2D eigenvalue weighted by atomic mass is 79.9. The third-order valence-corrected chi connectivity index (χ3v) is 4.16. The van der Waals surface area contributed by atoms with E-state index in [1.54, 1.807) is 17.0 Å². The third-order valence-electron chi connectivity index (χ3n) is 3.30. The fraction of sp³-hybridized carbons (Fsp3) is 0.429. The van der Waals surface area contributed by atoms with Crippen molar-refractivity contribution in [3.05, 3.63) is 33.8 Å². The summed E-state index contributed by atoms with van der Waals surface area (Å²) in [6.45, 7) is 4.24. The van der Waals surface area contributed by atoms with E-state index in [0.29, 0.717) is 18.7 Å². The standard InChI is InChI=1S/C14H16BrNO4/c1-9-3-4-10(5-11(9)15)13(19)16-7-14(2,8-16)20-6-12(17)18/h3-5H,6-8H2,1-2H3,(H,17,18). The second-order valence-electron chi connectivity index (χ2n) is 5.26. The van der Waals surface area contributed by atoms with E-state index >= 15 is 0 Å². The number of nitrogens with zero attached hydrogens (tertiary/aromatic N) is 1. The van der Waals surface area contributed by atoms with Crippen LogP contribution in [0.2, 0.25) is 0 Å². The molecule has 5 nitrogen and oxygen atoms in total. The summed E-state index contributed by atoms with van der Waals surface area (Å²) < 4.78 is 6.18. The van der Waals surface area contributed by atoms with E-state index < -0.39 is 11.6 Å². The zero-order chi connectivity index (χ0) is 14.9. The third kappa shape index (κ3) is 3.19. The molecule has 1 aliphatic heterocycles. The summed E-state index contributed by atoms with van der Waals surface area (Å²) in [5.41, 5.74) is 1.12. The van der Waals surface area contributed by atoms with Crippen molar-refractivity contribution in [1.82, 2.24) is 4.90 Å². The molecule has 0 unspecified atom stereocenters. The van der Waals surface area contributed by atoms with Gasteiger partial charge in [0.25, 0.3) is 5.91 Å². The summed E-state index contributed by atoms with van der Waals surface area (Å²) in [6.07, 6.45) is 0. The number of carbonyl (C=O) groups excluding carboxylic acids is 1. The Labute approximate surface area is 125 Å². The van der Waals surface area contributed by atoms with Crippen LogP contribution in [-0.4, -0.2) is 47.2 Å². The average Bonchev–Trinajstić information content (AvgIpc) is 2.35. The molecule has 1 aliphatic rings. The fourth-order valence-corrected chi connectivity index (χ4v) is 2.52. The van der Waals surface area contributed by atoms with Crippen molar-refractivity contribution in [2.45, 2.75) is 19.4 Å². The monoisotopic (exact) mass is 341 g/mol. The maximum Gasteiger partial charge on any atom is 0.329 e. The van der Waals surface area contributed by atoms with Crippen LogP contribution in [0.25, 0.3) is 0 Å². The highest BCUT2D eigenvalue weighted by molar-refractivity contribution is 9.10. The predicted octanol–water partition coefficient (Wildman–Crippen LogP) is 2.07. The van der Waals surface area contributed by atoms with Gasteiger partial charge < -0.3 is 14.7 Å².